The van der Waals surface area contributed by atoms with E-state index in [0.29, 0.717) is 17.1 Å². The van der Waals surface area contributed by atoms with Gasteiger partial charge in [-0.3, -0.25) is 14.0 Å². The molecule has 4 aromatic carbocycles. The summed E-state index contributed by atoms with van der Waals surface area (Å²) in [6.45, 7) is 4.88. The molecule has 6 aromatic rings. The van der Waals surface area contributed by atoms with Gasteiger partial charge in [0.15, 0.2) is 5.82 Å². The number of amides is 1. The highest BCUT2D eigenvalue weighted by atomic mass is 35.5. The number of carbonyl (C=O) groups excluding carboxylic acids is 1. The Kier molecular flexibility index (Phi) is 11.0. The van der Waals surface area contributed by atoms with Crippen molar-refractivity contribution in [1.29, 1.82) is 0 Å². The third-order valence-corrected chi connectivity index (χ3v) is 10.1. The van der Waals surface area contributed by atoms with Crippen LogP contribution in [0.15, 0.2) is 77.6 Å². The molecule has 0 aliphatic heterocycles. The number of hydrogen-bond donors (Lipinski definition) is 1. The normalized spacial score (nSPS) is 12.5. The first-order valence-corrected chi connectivity index (χ1v) is 19.4. The van der Waals surface area contributed by atoms with Crippen LogP contribution in [0.4, 0.5) is 19.4 Å². The summed E-state index contributed by atoms with van der Waals surface area (Å²) in [6, 6.07) is 16.2. The summed E-state index contributed by atoms with van der Waals surface area (Å²) in [5.41, 5.74) is -0.175. The number of anilines is 1. The Labute approximate surface area is 326 Å². The van der Waals surface area contributed by atoms with E-state index in [0.717, 1.165) is 28.8 Å². The van der Waals surface area contributed by atoms with Gasteiger partial charge < -0.3 is 19.5 Å². The molecule has 294 valence electrons. The van der Waals surface area contributed by atoms with Gasteiger partial charge in [-0.1, -0.05) is 23.7 Å². The highest BCUT2D eigenvalue weighted by molar-refractivity contribution is 7.92. The SMILES string of the molecule is COc1ccc(CN(c2nn(C)c3c(-n4c([C@H](Cc5cc(F)cc(F)c5)NC(=O)OC(C)(C)C)nc5cc(OC)ccc5c4=O)ccc(Cl)c23)S(C)(=O)=O)cc1. The van der Waals surface area contributed by atoms with E-state index >= 15 is 0 Å². The Bertz CT molecular complexity index is 2620. The second-order valence-corrected chi connectivity index (χ2v) is 16.3. The number of rotatable bonds is 11. The first-order chi connectivity index (χ1) is 26.4. The average Bonchev–Trinajstić information content (AvgIpc) is 3.46. The van der Waals surface area contributed by atoms with Crippen LogP contribution in [0.3, 0.4) is 0 Å². The number of benzene rings is 4. The minimum atomic E-state index is -3.99. The second kappa shape index (κ2) is 15.4. The predicted octanol–water partition coefficient (Wildman–Crippen LogP) is 7.00. The molecule has 0 fully saturated rings. The maximum atomic E-state index is 14.8. The summed E-state index contributed by atoms with van der Waals surface area (Å²) in [5, 5.41) is 7.86. The molecule has 0 saturated carbocycles. The van der Waals surface area contributed by atoms with Crippen molar-refractivity contribution in [3.05, 3.63) is 117 Å². The van der Waals surface area contributed by atoms with Gasteiger partial charge in [-0.2, -0.15) is 5.10 Å². The predicted molar refractivity (Wildman–Crippen MR) is 209 cm³/mol. The van der Waals surface area contributed by atoms with Crippen LogP contribution in [0.5, 0.6) is 11.5 Å². The number of sulfonamides is 1. The molecule has 6 rings (SSSR count). The topological polar surface area (TPSA) is 147 Å². The molecule has 1 amide bonds. The van der Waals surface area contributed by atoms with E-state index in [1.165, 1.54) is 35.6 Å². The van der Waals surface area contributed by atoms with Gasteiger partial charge >= 0.3 is 6.09 Å². The highest BCUT2D eigenvalue weighted by Gasteiger charge is 2.31. The monoisotopic (exact) mass is 808 g/mol. The lowest BCUT2D eigenvalue weighted by Gasteiger charge is -2.26. The van der Waals surface area contributed by atoms with Gasteiger partial charge in [-0.15, -0.1) is 0 Å². The van der Waals surface area contributed by atoms with Crippen LogP contribution >= 0.6 is 11.6 Å². The van der Waals surface area contributed by atoms with Crippen LogP contribution in [0, 0.1) is 11.6 Å². The van der Waals surface area contributed by atoms with Crippen molar-refractivity contribution in [3.8, 4) is 17.2 Å². The maximum Gasteiger partial charge on any atom is 0.408 e. The molecule has 56 heavy (non-hydrogen) atoms. The fourth-order valence-electron chi connectivity index (χ4n) is 6.34. The quantitative estimate of drug-likeness (QED) is 0.146. The van der Waals surface area contributed by atoms with E-state index in [9.17, 15) is 26.8 Å². The van der Waals surface area contributed by atoms with Crippen molar-refractivity contribution in [2.24, 2.45) is 7.05 Å². The molecule has 0 radical (unpaired) electrons. The Morgan fingerprint density at radius 3 is 2.20 bits per heavy atom. The van der Waals surface area contributed by atoms with E-state index in [2.05, 4.69) is 10.4 Å². The zero-order valence-corrected chi connectivity index (χ0v) is 33.1. The first kappa shape index (κ1) is 39.9. The van der Waals surface area contributed by atoms with Crippen molar-refractivity contribution >= 4 is 55.3 Å². The molecule has 0 aliphatic carbocycles. The third kappa shape index (κ3) is 8.40. The van der Waals surface area contributed by atoms with Crippen molar-refractivity contribution in [2.45, 2.75) is 45.4 Å². The Hall–Kier alpha value is -5.74. The summed E-state index contributed by atoms with van der Waals surface area (Å²) in [7, 11) is 0.550. The standard InChI is InChI=1S/C39H39ClF2N6O7S/c1-39(2,3)55-38(50)44-31(18-23-16-24(41)19-25(42)17-23)35-43-30-20-27(54-6)12-13-28(30)37(49)48(35)32-15-14-29(40)33-34(32)46(4)45-36(33)47(56(7,51)52)21-22-8-10-26(53-5)11-9-22/h8-17,19-20,31H,18,21H2,1-7H3,(H,44,50)/t31-/m0/s1. The first-order valence-electron chi connectivity index (χ1n) is 17.2. The summed E-state index contributed by atoms with van der Waals surface area (Å²) in [5.74, 6) is -0.801. The van der Waals surface area contributed by atoms with E-state index in [1.54, 1.807) is 70.3 Å². The molecule has 1 N–H and O–H groups in total. The van der Waals surface area contributed by atoms with Gasteiger partial charge in [0.1, 0.15) is 34.6 Å². The molecule has 13 nitrogen and oxygen atoms in total. The Morgan fingerprint density at radius 1 is 0.946 bits per heavy atom. The van der Waals surface area contributed by atoms with Crippen LogP contribution in [-0.4, -0.2) is 59.9 Å². The lowest BCUT2D eigenvalue weighted by Crippen LogP contribution is -2.39. The van der Waals surface area contributed by atoms with Crippen molar-refractivity contribution in [1.82, 2.24) is 24.6 Å². The van der Waals surface area contributed by atoms with Crippen LogP contribution in [-0.2, 0) is 34.8 Å². The number of ether oxygens (including phenoxy) is 3. The van der Waals surface area contributed by atoms with Crippen LogP contribution in [0.2, 0.25) is 5.02 Å². The van der Waals surface area contributed by atoms with Gasteiger partial charge in [0.05, 0.1) is 65.6 Å². The zero-order chi connectivity index (χ0) is 40.7. The van der Waals surface area contributed by atoms with E-state index < -0.39 is 45.0 Å². The van der Waals surface area contributed by atoms with Gasteiger partial charge in [0.25, 0.3) is 5.56 Å². The second-order valence-electron chi connectivity index (χ2n) is 14.0. The number of nitrogens with one attached hydrogen (secondary N) is 1. The number of methoxy groups -OCH3 is 2. The summed E-state index contributed by atoms with van der Waals surface area (Å²) in [4.78, 5) is 33.1. The van der Waals surface area contributed by atoms with Gasteiger partial charge in [-0.05, 0) is 80.4 Å². The minimum absolute atomic E-state index is 0.0144. The molecule has 17 heteroatoms. The van der Waals surface area contributed by atoms with Crippen molar-refractivity contribution < 1.29 is 36.2 Å². The molecule has 2 aromatic heterocycles. The third-order valence-electron chi connectivity index (χ3n) is 8.73. The molecule has 0 unspecified atom stereocenters. The lowest BCUT2D eigenvalue weighted by atomic mass is 10.0. The summed E-state index contributed by atoms with van der Waals surface area (Å²) < 4.78 is 75.9. The highest BCUT2D eigenvalue weighted by Crippen LogP contribution is 2.38. The number of aryl methyl sites for hydroxylation is 1. The van der Waals surface area contributed by atoms with E-state index in [4.69, 9.17) is 30.8 Å². The largest absolute Gasteiger partial charge is 0.497 e. The van der Waals surface area contributed by atoms with Gasteiger partial charge in [-0.25, -0.2) is 31.3 Å². The van der Waals surface area contributed by atoms with Crippen molar-refractivity contribution in [2.75, 3.05) is 24.8 Å². The molecule has 1 atom stereocenters. The molecular formula is C39H39ClF2N6O7S. The Morgan fingerprint density at radius 2 is 1.59 bits per heavy atom. The number of alkyl carbamates (subject to hydrolysis) is 1. The fraction of sp³-hybridized carbons (Fsp3) is 0.282. The lowest BCUT2D eigenvalue weighted by molar-refractivity contribution is 0.0500. The minimum Gasteiger partial charge on any atom is -0.497 e. The van der Waals surface area contributed by atoms with Crippen molar-refractivity contribution in [3.63, 3.8) is 0 Å². The number of carbonyl (C=O) groups is 1. The molecule has 0 aliphatic rings. The maximum absolute atomic E-state index is 14.8. The number of nitrogens with zero attached hydrogens (tertiary/aromatic N) is 5. The number of hydrogen-bond acceptors (Lipinski definition) is 9. The van der Waals surface area contributed by atoms with Gasteiger partial charge in [0, 0.05) is 25.6 Å². The molecule has 0 spiro atoms. The average molecular weight is 809 g/mol. The number of aromatic nitrogens is 4. The summed E-state index contributed by atoms with van der Waals surface area (Å²) in [6.07, 6.45) is -0.0917. The zero-order valence-electron chi connectivity index (χ0n) is 31.6. The number of halogens is 3. The molecule has 2 heterocycles. The van der Waals surface area contributed by atoms with E-state index in [-0.39, 0.29) is 62.7 Å². The van der Waals surface area contributed by atoms with Crippen LogP contribution in [0.1, 0.15) is 43.8 Å². The van der Waals surface area contributed by atoms with Crippen LogP contribution < -0.4 is 24.7 Å². The molecular weight excluding hydrogens is 770 g/mol. The molecule has 0 bridgehead atoms. The number of fused-ring (bicyclic) bond motifs is 2. The van der Waals surface area contributed by atoms with E-state index in [1.807, 2.05) is 0 Å². The molecule has 0 saturated heterocycles. The smallest absolute Gasteiger partial charge is 0.408 e. The van der Waals surface area contributed by atoms with Crippen LogP contribution in [0.25, 0.3) is 27.5 Å². The fourth-order valence-corrected chi connectivity index (χ4v) is 7.40. The van der Waals surface area contributed by atoms with Gasteiger partial charge in [0.2, 0.25) is 10.0 Å². The Balaban J connectivity index is 1.64. The summed E-state index contributed by atoms with van der Waals surface area (Å²) >= 11 is 6.86.